The first-order valence-corrected chi connectivity index (χ1v) is 7.50. The Morgan fingerprint density at radius 1 is 1.60 bits per heavy atom. The first-order chi connectivity index (χ1) is 2.00. The van der Waals surface area contributed by atoms with Gasteiger partial charge in [-0.05, 0) is 0 Å². The van der Waals surface area contributed by atoms with Crippen molar-refractivity contribution in [3.63, 3.8) is 0 Å². The van der Waals surface area contributed by atoms with Crippen molar-refractivity contribution in [3.8, 4) is 0 Å². The lowest BCUT2D eigenvalue weighted by Gasteiger charge is -1.93. The molecule has 0 saturated heterocycles. The van der Waals surface area contributed by atoms with E-state index in [2.05, 4.69) is 8.79 Å². The zero-order chi connectivity index (χ0) is 4.50. The third kappa shape index (κ3) is 34.4. The molecular weight excluding hydrogens is 141 g/mol. The Kier molecular flexibility index (Phi) is 2.31. The lowest BCUT2D eigenvalue weighted by Crippen LogP contribution is -2.05. The van der Waals surface area contributed by atoms with E-state index in [1.54, 1.807) is 0 Å². The second-order valence-corrected chi connectivity index (χ2v) is 13.8. The summed E-state index contributed by atoms with van der Waals surface area (Å²) >= 11 is 10.8. The molecule has 0 aliphatic carbocycles. The molecule has 0 amide bonds. The zero-order valence-corrected chi connectivity index (χ0v) is 6.50. The molecule has 5 heavy (non-hydrogen) atoms. The minimum Gasteiger partial charge on any atom is -0.151 e. The zero-order valence-electron chi connectivity index (χ0n) is 2.83. The van der Waals surface area contributed by atoms with Gasteiger partial charge in [0.15, 0.2) is 0 Å². The highest BCUT2D eigenvalue weighted by Gasteiger charge is 2.09. The Labute approximate surface area is 45.0 Å². The van der Waals surface area contributed by atoms with Crippen molar-refractivity contribution in [2.24, 2.45) is 0 Å². The Bertz CT molecular complexity index is 25.1. The summed E-state index contributed by atoms with van der Waals surface area (Å²) in [5.41, 5.74) is 0. The van der Waals surface area contributed by atoms with Crippen LogP contribution in [0, 0.1) is 0 Å². The Morgan fingerprint density at radius 3 is 1.60 bits per heavy atom. The van der Waals surface area contributed by atoms with Gasteiger partial charge in [-0.1, -0.05) is 0 Å². The van der Waals surface area contributed by atoms with Crippen LogP contribution in [0.3, 0.4) is 0 Å². The van der Waals surface area contributed by atoms with Crippen molar-refractivity contribution < 1.29 is 0 Å². The van der Waals surface area contributed by atoms with Crippen LogP contribution < -0.4 is 0 Å². The molecule has 0 radical (unpaired) electrons. The maximum Gasteiger partial charge on any atom is 0.227 e. The molecule has 1 atom stereocenters. The van der Waals surface area contributed by atoms with Gasteiger partial charge in [0.25, 0.3) is 0 Å². The average molecular weight is 145 g/mol. The van der Waals surface area contributed by atoms with Crippen LogP contribution >= 0.6 is 30.9 Å². The van der Waals surface area contributed by atoms with Crippen LogP contribution in [0.25, 0.3) is 0 Å². The first kappa shape index (κ1) is 6.29. The monoisotopic (exact) mass is 144 g/mol. The standard InChI is InChI=1S/BCl2H4PSi/c1-5(2,3)4/h1,4H2. The lowest BCUT2D eigenvalue weighted by atomic mass is 10.8. The topological polar surface area (TPSA) is 0 Å². The van der Waals surface area contributed by atoms with Crippen molar-refractivity contribution in [1.82, 2.24) is 0 Å². The Morgan fingerprint density at radius 2 is 1.60 bits per heavy atom. The summed E-state index contributed by atoms with van der Waals surface area (Å²) in [5.74, 6) is 0. The first-order valence-electron chi connectivity index (χ1n) is 1.17. The van der Waals surface area contributed by atoms with Crippen LogP contribution in [-0.2, 0) is 0 Å². The Hall–Kier alpha value is 1.29. The van der Waals surface area contributed by atoms with Gasteiger partial charge in [0.2, 0.25) is 6.23 Å². The van der Waals surface area contributed by atoms with Gasteiger partial charge >= 0.3 is 0 Å². The molecule has 0 fully saturated rings. The number of rotatable bonds is 0. The molecule has 0 rings (SSSR count). The van der Waals surface area contributed by atoms with E-state index >= 15 is 0 Å². The van der Waals surface area contributed by atoms with Crippen LogP contribution in [0.2, 0.25) is 0 Å². The van der Waals surface area contributed by atoms with Gasteiger partial charge < -0.3 is 0 Å². The van der Waals surface area contributed by atoms with Crippen molar-refractivity contribution >= 4 is 44.6 Å². The number of hydrogen-bond acceptors (Lipinski definition) is 0. The van der Waals surface area contributed by atoms with Gasteiger partial charge in [-0.25, -0.2) is 0 Å². The van der Waals surface area contributed by atoms with E-state index in [1.165, 1.54) is 0 Å². The summed E-state index contributed by atoms with van der Waals surface area (Å²) in [7, 11) is 4.21. The van der Waals surface area contributed by atoms with Gasteiger partial charge in [-0.2, -0.15) is 22.2 Å². The molecule has 30 valence electrons. The van der Waals surface area contributed by atoms with Gasteiger partial charge in [-0.15, -0.1) is 8.79 Å². The molecule has 0 spiro atoms. The quantitative estimate of drug-likeness (QED) is 0.263. The predicted octanol–water partition coefficient (Wildman–Crippen LogP) is 0.408. The molecule has 0 N–H and O–H groups in total. The summed E-state index contributed by atoms with van der Waals surface area (Å²) in [6.07, 6.45) is -1.75. The Balaban J connectivity index is 3.02. The molecule has 0 aromatic heterocycles. The van der Waals surface area contributed by atoms with Crippen LogP contribution in [0.15, 0.2) is 0 Å². The number of hydrogen-bond donors (Lipinski definition) is 0. The third-order valence-electron chi connectivity index (χ3n) is 0. The molecule has 1 unspecified atom stereocenters. The minimum atomic E-state index is -1.75. The molecule has 0 nitrogen and oxygen atoms in total. The summed E-state index contributed by atoms with van der Waals surface area (Å²) in [4.78, 5) is 0. The second kappa shape index (κ2) is 1.83. The minimum absolute atomic E-state index is 1.75. The van der Waals surface area contributed by atoms with E-state index in [0.29, 0.717) is 0 Å². The average Bonchev–Trinajstić information content (AvgIpc) is 0.722. The molecule has 0 aliphatic rings. The van der Waals surface area contributed by atoms with Crippen LogP contribution in [0.4, 0.5) is 0 Å². The molecule has 0 aromatic rings. The molecule has 0 bridgehead atoms. The van der Waals surface area contributed by atoms with E-state index in [4.69, 9.17) is 22.2 Å². The maximum absolute atomic E-state index is 5.40. The highest BCUT2D eigenvalue weighted by Crippen LogP contribution is 2.16. The molecule has 0 saturated carbocycles. The fourth-order valence-electron chi connectivity index (χ4n) is 0. The largest absolute Gasteiger partial charge is 0.227 e. The van der Waals surface area contributed by atoms with E-state index in [-0.39, 0.29) is 0 Å². The smallest absolute Gasteiger partial charge is 0.151 e. The summed E-state index contributed by atoms with van der Waals surface area (Å²) in [6, 6.07) is 0. The summed E-state index contributed by atoms with van der Waals surface area (Å²) < 4.78 is 0. The van der Waals surface area contributed by atoms with Gasteiger partial charge in [0.1, 0.15) is 7.44 Å². The molecule has 0 heterocycles. The van der Waals surface area contributed by atoms with Crippen molar-refractivity contribution in [2.75, 3.05) is 0 Å². The van der Waals surface area contributed by atoms with Crippen molar-refractivity contribution in [3.05, 3.63) is 0 Å². The van der Waals surface area contributed by atoms with Gasteiger partial charge in [0.05, 0.1) is 0 Å². The summed E-state index contributed by atoms with van der Waals surface area (Å²) in [6.45, 7) is 0. The molecule has 0 aliphatic heterocycles. The lowest BCUT2D eigenvalue weighted by molar-refractivity contribution is 3.88. The van der Waals surface area contributed by atoms with Crippen molar-refractivity contribution in [2.45, 2.75) is 0 Å². The van der Waals surface area contributed by atoms with Crippen LogP contribution in [0.1, 0.15) is 0 Å². The molecule has 0 aromatic carbocycles. The van der Waals surface area contributed by atoms with E-state index in [0.717, 1.165) is 0 Å². The SMILES string of the molecule is B[Si](P)(Cl)Cl. The number of halogens is 2. The predicted molar refractivity (Wildman–Crippen MR) is 35.7 cm³/mol. The molecule has 5 heteroatoms. The highest BCUT2D eigenvalue weighted by atomic mass is 35.7. The van der Waals surface area contributed by atoms with Gasteiger partial charge in [-0.3, -0.25) is 0 Å². The van der Waals surface area contributed by atoms with E-state index in [9.17, 15) is 0 Å². The van der Waals surface area contributed by atoms with E-state index in [1.807, 2.05) is 7.44 Å². The molecular formula is H4BCl2PSi. The van der Waals surface area contributed by atoms with Crippen molar-refractivity contribution in [1.29, 1.82) is 0 Å². The second-order valence-electron chi connectivity index (χ2n) is 0.956. The third-order valence-corrected chi connectivity index (χ3v) is 0. The normalized spacial score (nSPS) is 11.8. The van der Waals surface area contributed by atoms with E-state index < -0.39 is 6.23 Å². The maximum atomic E-state index is 5.40. The van der Waals surface area contributed by atoms with Crippen LogP contribution in [0.5, 0.6) is 0 Å². The fraction of sp³-hybridized carbons (Fsp3) is 0. The van der Waals surface area contributed by atoms with Crippen LogP contribution in [-0.4, -0.2) is 13.7 Å². The fourth-order valence-corrected chi connectivity index (χ4v) is 0. The summed E-state index contributed by atoms with van der Waals surface area (Å²) in [5, 5.41) is 0. The van der Waals surface area contributed by atoms with Gasteiger partial charge in [0, 0.05) is 0 Å². The highest BCUT2D eigenvalue weighted by molar-refractivity contribution is 8.02.